The van der Waals surface area contributed by atoms with Gasteiger partial charge in [0.05, 0.1) is 12.4 Å². The predicted octanol–water partition coefficient (Wildman–Crippen LogP) is 1.93. The predicted molar refractivity (Wildman–Crippen MR) is 76.1 cm³/mol. The Balaban J connectivity index is 2.30. The number of nitrogen functional groups attached to an aromatic ring is 1. The lowest BCUT2D eigenvalue weighted by molar-refractivity contribution is 0.600. The van der Waals surface area contributed by atoms with Crippen LogP contribution >= 0.6 is 15.9 Å². The molecule has 0 aliphatic carbocycles. The van der Waals surface area contributed by atoms with Crippen molar-refractivity contribution in [3.8, 4) is 0 Å². The summed E-state index contributed by atoms with van der Waals surface area (Å²) >= 11 is 3.34. The third-order valence-corrected chi connectivity index (χ3v) is 4.57. The minimum absolute atomic E-state index is 0.0250. The molecule has 0 atom stereocenters. The van der Waals surface area contributed by atoms with E-state index in [1.807, 2.05) is 6.92 Å². The largest absolute Gasteiger partial charge is 0.368 e. The Labute approximate surface area is 119 Å². The number of nitrogens with two attached hydrogens (primary N) is 1. The van der Waals surface area contributed by atoms with E-state index in [0.717, 1.165) is 22.4 Å². The molecule has 0 unspecified atom stereocenters. The normalized spacial score (nSPS) is 11.3. The summed E-state index contributed by atoms with van der Waals surface area (Å²) in [5.74, 6) is 0.0250. The van der Waals surface area contributed by atoms with Crippen molar-refractivity contribution in [1.82, 2.24) is 9.97 Å². The quantitative estimate of drug-likeness (QED) is 0.887. The first kappa shape index (κ1) is 13.8. The van der Waals surface area contributed by atoms with E-state index in [1.165, 1.54) is 0 Å². The molecule has 0 fully saturated rings. The molecule has 6 nitrogen and oxygen atoms in total. The van der Waals surface area contributed by atoms with Gasteiger partial charge in [0.25, 0.3) is 10.0 Å². The highest BCUT2D eigenvalue weighted by atomic mass is 79.9. The van der Waals surface area contributed by atoms with Crippen molar-refractivity contribution in [2.75, 3.05) is 10.5 Å². The van der Waals surface area contributed by atoms with Gasteiger partial charge >= 0.3 is 0 Å². The molecule has 0 spiro atoms. The number of aryl methyl sites for hydroxylation is 1. The van der Waals surface area contributed by atoms with Crippen molar-refractivity contribution >= 4 is 37.6 Å². The number of halogens is 1. The fourth-order valence-corrected chi connectivity index (χ4v) is 2.65. The molecule has 0 bridgehead atoms. The van der Waals surface area contributed by atoms with Crippen LogP contribution < -0.4 is 10.5 Å². The molecular formula is C11H11BrN4O2S. The van der Waals surface area contributed by atoms with Gasteiger partial charge in [0.2, 0.25) is 5.95 Å². The summed E-state index contributed by atoms with van der Waals surface area (Å²) in [6.07, 6.45) is 2.32. The number of hydrogen-bond acceptors (Lipinski definition) is 5. The highest BCUT2D eigenvalue weighted by Crippen LogP contribution is 2.22. The van der Waals surface area contributed by atoms with E-state index in [4.69, 9.17) is 5.73 Å². The van der Waals surface area contributed by atoms with E-state index >= 15 is 0 Å². The Morgan fingerprint density at radius 1 is 1.26 bits per heavy atom. The van der Waals surface area contributed by atoms with Crippen LogP contribution in [-0.4, -0.2) is 18.4 Å². The average molecular weight is 343 g/mol. The molecule has 2 rings (SSSR count). The minimum Gasteiger partial charge on any atom is -0.368 e. The monoisotopic (exact) mass is 342 g/mol. The van der Waals surface area contributed by atoms with E-state index in [0.29, 0.717) is 5.69 Å². The second-order valence-corrected chi connectivity index (χ2v) is 6.38. The van der Waals surface area contributed by atoms with E-state index in [9.17, 15) is 8.42 Å². The van der Waals surface area contributed by atoms with Crippen molar-refractivity contribution in [2.24, 2.45) is 0 Å². The first-order valence-electron chi connectivity index (χ1n) is 5.25. The Morgan fingerprint density at radius 2 is 1.89 bits per heavy atom. The van der Waals surface area contributed by atoms with Gasteiger partial charge < -0.3 is 5.73 Å². The van der Waals surface area contributed by atoms with Gasteiger partial charge in [-0.1, -0.05) is 22.0 Å². The maximum atomic E-state index is 12.1. The number of nitrogens with one attached hydrogen (secondary N) is 1. The zero-order chi connectivity index (χ0) is 14.0. The number of sulfonamides is 1. The molecule has 0 radical (unpaired) electrons. The van der Waals surface area contributed by atoms with Crippen LogP contribution in [0.25, 0.3) is 0 Å². The van der Waals surface area contributed by atoms with Gasteiger partial charge in [-0.05, 0) is 24.6 Å². The van der Waals surface area contributed by atoms with Crippen LogP contribution in [0.4, 0.5) is 11.6 Å². The molecule has 2 aromatic rings. The van der Waals surface area contributed by atoms with E-state index < -0.39 is 10.0 Å². The van der Waals surface area contributed by atoms with Crippen molar-refractivity contribution < 1.29 is 8.42 Å². The molecule has 3 N–H and O–H groups in total. The van der Waals surface area contributed by atoms with E-state index in [1.54, 1.807) is 18.2 Å². The van der Waals surface area contributed by atoms with Crippen LogP contribution in [0, 0.1) is 6.92 Å². The minimum atomic E-state index is -3.71. The summed E-state index contributed by atoms with van der Waals surface area (Å²) in [6, 6.07) is 5.17. The summed E-state index contributed by atoms with van der Waals surface area (Å²) in [6.45, 7) is 1.91. The molecule has 0 amide bonds. The highest BCUT2D eigenvalue weighted by Gasteiger charge is 2.15. The van der Waals surface area contributed by atoms with E-state index in [-0.39, 0.29) is 10.8 Å². The van der Waals surface area contributed by atoms with Gasteiger partial charge in [0.15, 0.2) is 0 Å². The Kier molecular flexibility index (Phi) is 3.72. The number of aromatic nitrogens is 2. The highest BCUT2D eigenvalue weighted by molar-refractivity contribution is 9.10. The summed E-state index contributed by atoms with van der Waals surface area (Å²) < 4.78 is 27.4. The zero-order valence-corrected chi connectivity index (χ0v) is 12.4. The number of rotatable bonds is 3. The molecule has 0 saturated heterocycles. The van der Waals surface area contributed by atoms with Crippen molar-refractivity contribution in [1.29, 1.82) is 0 Å². The first-order valence-corrected chi connectivity index (χ1v) is 7.52. The summed E-state index contributed by atoms with van der Waals surface area (Å²) in [5, 5.41) is 0. The molecule has 1 heterocycles. The lowest BCUT2D eigenvalue weighted by Gasteiger charge is -2.08. The number of anilines is 2. The first-order chi connectivity index (χ1) is 8.88. The molecule has 19 heavy (non-hydrogen) atoms. The maximum Gasteiger partial charge on any atom is 0.264 e. The van der Waals surface area contributed by atoms with Crippen LogP contribution in [0.3, 0.4) is 0 Å². The Hall–Kier alpha value is -1.67. The topological polar surface area (TPSA) is 98.0 Å². The standard InChI is InChI=1S/C11H11BrN4O2S/c1-7-2-3-8(4-10(7)12)16-19(17,18)9-5-14-11(13)15-6-9/h2-6,16H,1H3,(H2,13,14,15). The lowest BCUT2D eigenvalue weighted by atomic mass is 10.2. The van der Waals surface area contributed by atoms with Gasteiger partial charge in [0.1, 0.15) is 4.90 Å². The SMILES string of the molecule is Cc1ccc(NS(=O)(=O)c2cnc(N)nc2)cc1Br. The van der Waals surface area contributed by atoms with Gasteiger partial charge in [-0.25, -0.2) is 18.4 Å². The molecule has 8 heteroatoms. The molecule has 1 aromatic carbocycles. The van der Waals surface area contributed by atoms with Crippen molar-refractivity contribution in [3.63, 3.8) is 0 Å². The molecular weight excluding hydrogens is 332 g/mol. The van der Waals surface area contributed by atoms with Gasteiger partial charge in [-0.3, -0.25) is 4.72 Å². The third-order valence-electron chi connectivity index (χ3n) is 2.38. The van der Waals surface area contributed by atoms with Crippen LogP contribution in [0.1, 0.15) is 5.56 Å². The lowest BCUT2D eigenvalue weighted by Crippen LogP contribution is -2.14. The van der Waals surface area contributed by atoms with Gasteiger partial charge in [-0.2, -0.15) is 0 Å². The molecule has 0 aliphatic heterocycles. The second-order valence-electron chi connectivity index (χ2n) is 3.85. The summed E-state index contributed by atoms with van der Waals surface area (Å²) in [5.41, 5.74) is 6.78. The average Bonchev–Trinajstić information content (AvgIpc) is 2.34. The van der Waals surface area contributed by atoms with Crippen molar-refractivity contribution in [2.45, 2.75) is 11.8 Å². The van der Waals surface area contributed by atoms with Crippen LogP contribution in [0.5, 0.6) is 0 Å². The molecule has 100 valence electrons. The molecule has 0 aliphatic rings. The maximum absolute atomic E-state index is 12.1. The molecule has 1 aromatic heterocycles. The van der Waals surface area contributed by atoms with Crippen LogP contribution in [0.15, 0.2) is 40.0 Å². The number of hydrogen-bond donors (Lipinski definition) is 2. The molecule has 0 saturated carbocycles. The smallest absolute Gasteiger partial charge is 0.264 e. The second kappa shape index (κ2) is 5.14. The van der Waals surface area contributed by atoms with Gasteiger partial charge in [0, 0.05) is 10.2 Å². The third kappa shape index (κ3) is 3.21. The number of nitrogens with zero attached hydrogens (tertiary/aromatic N) is 2. The summed E-state index contributed by atoms with van der Waals surface area (Å²) in [7, 11) is -3.71. The van der Waals surface area contributed by atoms with E-state index in [2.05, 4.69) is 30.6 Å². The van der Waals surface area contributed by atoms with Crippen LogP contribution in [-0.2, 0) is 10.0 Å². The van der Waals surface area contributed by atoms with Crippen molar-refractivity contribution in [3.05, 3.63) is 40.6 Å². The Bertz CT molecular complexity index is 701. The van der Waals surface area contributed by atoms with Crippen LogP contribution in [0.2, 0.25) is 0 Å². The number of benzene rings is 1. The fourth-order valence-electron chi connectivity index (χ4n) is 1.34. The summed E-state index contributed by atoms with van der Waals surface area (Å²) in [4.78, 5) is 7.27. The zero-order valence-electron chi connectivity index (χ0n) is 9.96. The fraction of sp³-hybridized carbons (Fsp3) is 0.0909. The Morgan fingerprint density at radius 3 is 2.47 bits per heavy atom. The van der Waals surface area contributed by atoms with Gasteiger partial charge in [-0.15, -0.1) is 0 Å².